The number of furan rings is 1. The Morgan fingerprint density at radius 3 is 2.84 bits per heavy atom. The second kappa shape index (κ2) is 6.92. The normalized spacial score (nSPS) is 12.3. The van der Waals surface area contributed by atoms with Crippen molar-refractivity contribution in [2.24, 2.45) is 0 Å². The maximum absolute atomic E-state index is 12.9. The summed E-state index contributed by atoms with van der Waals surface area (Å²) in [6.45, 7) is 0.460. The molecule has 0 aliphatic heterocycles. The monoisotopic (exact) mass is 266 g/mol. The molecule has 0 fully saturated rings. The van der Waals surface area contributed by atoms with Crippen molar-refractivity contribution in [1.29, 1.82) is 0 Å². The lowest BCUT2D eigenvalue weighted by atomic mass is 10.3. The molecule has 1 unspecified atom stereocenters. The number of rotatable bonds is 7. The molecule has 0 aliphatic rings. The van der Waals surface area contributed by atoms with Crippen LogP contribution in [-0.2, 0) is 11.3 Å². The Hall–Kier alpha value is -1.85. The van der Waals surface area contributed by atoms with E-state index in [1.165, 1.54) is 12.1 Å². The summed E-state index contributed by atoms with van der Waals surface area (Å²) in [6.07, 6.45) is 0.778. The molecule has 1 aromatic heterocycles. The highest BCUT2D eigenvalue weighted by atomic mass is 19.1. The zero-order chi connectivity index (χ0) is 13.5. The first-order chi connectivity index (χ1) is 9.24. The van der Waals surface area contributed by atoms with Gasteiger partial charge in [0.2, 0.25) is 0 Å². The minimum absolute atomic E-state index is 0.0433. The van der Waals surface area contributed by atoms with Gasteiger partial charge in [-0.25, -0.2) is 4.39 Å². The lowest BCUT2D eigenvalue weighted by molar-refractivity contribution is 0.000833. The Kier molecular flexibility index (Phi) is 4.94. The van der Waals surface area contributed by atoms with Crippen molar-refractivity contribution in [2.45, 2.75) is 12.7 Å². The molecule has 0 aliphatic carbocycles. The Labute approximate surface area is 110 Å². The standard InChI is InChI=1S/C14H15FO4/c15-11-3-1-4-13(7-11)19-9-12(16)8-17-10-14-5-2-6-18-14/h1-7,12,16H,8-10H2. The summed E-state index contributed by atoms with van der Waals surface area (Å²) in [4.78, 5) is 0. The van der Waals surface area contributed by atoms with Crippen molar-refractivity contribution in [3.8, 4) is 5.75 Å². The van der Waals surface area contributed by atoms with Crippen molar-refractivity contribution in [1.82, 2.24) is 0 Å². The van der Waals surface area contributed by atoms with Gasteiger partial charge in [-0.05, 0) is 24.3 Å². The van der Waals surface area contributed by atoms with E-state index in [9.17, 15) is 9.50 Å². The molecule has 0 amide bonds. The van der Waals surface area contributed by atoms with Gasteiger partial charge in [0.25, 0.3) is 0 Å². The van der Waals surface area contributed by atoms with Gasteiger partial charge in [-0.1, -0.05) is 6.07 Å². The molecular formula is C14H15FO4. The number of hydrogen-bond acceptors (Lipinski definition) is 4. The van der Waals surface area contributed by atoms with Crippen molar-refractivity contribution in [2.75, 3.05) is 13.2 Å². The van der Waals surface area contributed by atoms with Crippen molar-refractivity contribution < 1.29 is 23.4 Å². The lowest BCUT2D eigenvalue weighted by Gasteiger charge is -2.12. The second-order valence-corrected chi connectivity index (χ2v) is 4.02. The van der Waals surface area contributed by atoms with Gasteiger partial charge in [0.1, 0.15) is 36.6 Å². The van der Waals surface area contributed by atoms with Crippen molar-refractivity contribution >= 4 is 0 Å². The van der Waals surface area contributed by atoms with E-state index in [1.54, 1.807) is 30.5 Å². The predicted molar refractivity (Wildman–Crippen MR) is 66.3 cm³/mol. The van der Waals surface area contributed by atoms with Gasteiger partial charge in [0, 0.05) is 6.07 Å². The van der Waals surface area contributed by atoms with Crippen LogP contribution in [0.4, 0.5) is 4.39 Å². The molecule has 102 valence electrons. The van der Waals surface area contributed by atoms with Gasteiger partial charge >= 0.3 is 0 Å². The second-order valence-electron chi connectivity index (χ2n) is 4.02. The maximum Gasteiger partial charge on any atom is 0.129 e. The Balaban J connectivity index is 1.65. The summed E-state index contributed by atoms with van der Waals surface area (Å²) in [5.41, 5.74) is 0. The topological polar surface area (TPSA) is 51.8 Å². The number of hydrogen-bond donors (Lipinski definition) is 1. The zero-order valence-corrected chi connectivity index (χ0v) is 10.3. The fourth-order valence-corrected chi connectivity index (χ4v) is 1.49. The summed E-state index contributed by atoms with van der Waals surface area (Å²) in [5.74, 6) is 0.699. The van der Waals surface area contributed by atoms with E-state index in [1.807, 2.05) is 0 Å². The molecule has 4 nitrogen and oxygen atoms in total. The molecular weight excluding hydrogens is 251 g/mol. The molecule has 2 rings (SSSR count). The van der Waals surface area contributed by atoms with Crippen LogP contribution in [0.1, 0.15) is 5.76 Å². The third kappa shape index (κ3) is 4.73. The molecule has 0 bridgehead atoms. The van der Waals surface area contributed by atoms with Crippen LogP contribution in [0.25, 0.3) is 0 Å². The molecule has 1 N–H and O–H groups in total. The Morgan fingerprint density at radius 2 is 2.11 bits per heavy atom. The highest BCUT2D eigenvalue weighted by Gasteiger charge is 2.07. The van der Waals surface area contributed by atoms with E-state index in [0.29, 0.717) is 18.1 Å². The molecule has 1 atom stereocenters. The van der Waals surface area contributed by atoms with E-state index in [0.717, 1.165) is 0 Å². The number of aliphatic hydroxyl groups excluding tert-OH is 1. The van der Waals surface area contributed by atoms with Crippen LogP contribution in [-0.4, -0.2) is 24.4 Å². The van der Waals surface area contributed by atoms with Crippen molar-refractivity contribution in [3.05, 3.63) is 54.2 Å². The van der Waals surface area contributed by atoms with Gasteiger partial charge < -0.3 is 19.0 Å². The first kappa shape index (κ1) is 13.6. The number of halogens is 1. The quantitative estimate of drug-likeness (QED) is 0.836. The minimum atomic E-state index is -0.779. The van der Waals surface area contributed by atoms with Gasteiger partial charge in [-0.3, -0.25) is 0 Å². The SMILES string of the molecule is OC(COCc1ccco1)COc1cccc(F)c1. The predicted octanol–water partition coefficient (Wildman–Crippen LogP) is 2.38. The first-order valence-corrected chi connectivity index (χ1v) is 5.90. The van der Waals surface area contributed by atoms with Crippen LogP contribution in [0.15, 0.2) is 47.1 Å². The van der Waals surface area contributed by atoms with Gasteiger partial charge in [-0.2, -0.15) is 0 Å². The van der Waals surface area contributed by atoms with E-state index < -0.39 is 6.10 Å². The number of benzene rings is 1. The molecule has 0 saturated carbocycles. The number of aliphatic hydroxyl groups is 1. The van der Waals surface area contributed by atoms with Crippen LogP contribution in [0.5, 0.6) is 5.75 Å². The third-order valence-electron chi connectivity index (χ3n) is 2.37. The number of ether oxygens (including phenoxy) is 2. The maximum atomic E-state index is 12.9. The molecule has 0 spiro atoms. The minimum Gasteiger partial charge on any atom is -0.491 e. The van der Waals surface area contributed by atoms with E-state index >= 15 is 0 Å². The van der Waals surface area contributed by atoms with Crippen LogP contribution >= 0.6 is 0 Å². The average Bonchev–Trinajstić information content (AvgIpc) is 2.90. The lowest BCUT2D eigenvalue weighted by Crippen LogP contribution is -2.23. The summed E-state index contributed by atoms with van der Waals surface area (Å²) in [6, 6.07) is 9.31. The molecule has 2 aromatic rings. The van der Waals surface area contributed by atoms with Crippen LogP contribution in [0.3, 0.4) is 0 Å². The average molecular weight is 266 g/mol. The largest absolute Gasteiger partial charge is 0.491 e. The molecule has 0 radical (unpaired) electrons. The van der Waals surface area contributed by atoms with Gasteiger partial charge in [0.05, 0.1) is 12.9 Å². The van der Waals surface area contributed by atoms with Crippen LogP contribution in [0, 0.1) is 5.82 Å². The fraction of sp³-hybridized carbons (Fsp3) is 0.286. The summed E-state index contributed by atoms with van der Waals surface area (Å²) < 4.78 is 28.4. The van der Waals surface area contributed by atoms with E-state index in [2.05, 4.69) is 0 Å². The molecule has 1 aromatic carbocycles. The molecule has 1 heterocycles. The highest BCUT2D eigenvalue weighted by Crippen LogP contribution is 2.12. The van der Waals surface area contributed by atoms with Gasteiger partial charge in [0.15, 0.2) is 0 Å². The zero-order valence-electron chi connectivity index (χ0n) is 10.3. The summed E-state index contributed by atoms with van der Waals surface area (Å²) >= 11 is 0. The van der Waals surface area contributed by atoms with E-state index in [4.69, 9.17) is 13.9 Å². The fourth-order valence-electron chi connectivity index (χ4n) is 1.49. The summed E-state index contributed by atoms with van der Waals surface area (Å²) in [5, 5.41) is 9.63. The summed E-state index contributed by atoms with van der Waals surface area (Å²) in [7, 11) is 0. The Bertz CT molecular complexity index is 484. The third-order valence-corrected chi connectivity index (χ3v) is 2.37. The molecule has 5 heteroatoms. The molecule has 19 heavy (non-hydrogen) atoms. The van der Waals surface area contributed by atoms with Gasteiger partial charge in [-0.15, -0.1) is 0 Å². The van der Waals surface area contributed by atoms with Crippen LogP contribution in [0.2, 0.25) is 0 Å². The first-order valence-electron chi connectivity index (χ1n) is 5.90. The smallest absolute Gasteiger partial charge is 0.129 e. The highest BCUT2D eigenvalue weighted by molar-refractivity contribution is 5.22. The molecule has 0 saturated heterocycles. The van der Waals surface area contributed by atoms with E-state index in [-0.39, 0.29) is 19.0 Å². The van der Waals surface area contributed by atoms with Crippen LogP contribution < -0.4 is 4.74 Å². The van der Waals surface area contributed by atoms with Crippen molar-refractivity contribution in [3.63, 3.8) is 0 Å². The Morgan fingerprint density at radius 1 is 1.21 bits per heavy atom.